The number of hydrogen-bond acceptors (Lipinski definition) is 4. The summed E-state index contributed by atoms with van der Waals surface area (Å²) in [5, 5.41) is 7.93. The van der Waals surface area contributed by atoms with Gasteiger partial charge in [-0.15, -0.1) is 0 Å². The molecule has 1 N–H and O–H groups in total. The molecule has 0 saturated carbocycles. The molecule has 0 aliphatic heterocycles. The number of ketones is 3. The molecule has 0 aliphatic rings. The van der Waals surface area contributed by atoms with Crippen LogP contribution in [0.3, 0.4) is 0 Å². The number of allylic oxidation sites excluding steroid dienone is 2. The van der Waals surface area contributed by atoms with E-state index in [4.69, 9.17) is 5.11 Å². The van der Waals surface area contributed by atoms with Gasteiger partial charge in [0.05, 0.1) is 0 Å². The molecule has 0 saturated heterocycles. The van der Waals surface area contributed by atoms with Crippen LogP contribution in [0, 0.1) is 6.42 Å². The van der Waals surface area contributed by atoms with Crippen LogP contribution in [0.1, 0.15) is 0 Å². The first-order valence-corrected chi connectivity index (χ1v) is 5.26. The first-order valence-electron chi connectivity index (χ1n) is 5.26. The summed E-state index contributed by atoms with van der Waals surface area (Å²) in [6.07, 6.45) is -23.6. The summed E-state index contributed by atoms with van der Waals surface area (Å²) in [4.78, 5) is 29.5. The van der Waals surface area contributed by atoms with Crippen molar-refractivity contribution in [1.29, 1.82) is 0 Å². The third-order valence-electron chi connectivity index (χ3n) is 1.66. The van der Waals surface area contributed by atoms with Gasteiger partial charge in [-0.2, -0.15) is 52.7 Å². The van der Waals surface area contributed by atoms with Crippen molar-refractivity contribution in [1.82, 2.24) is 0 Å². The molecule has 0 aromatic heterocycles. The average Bonchev–Trinajstić information content (AvgIpc) is 2.34. The summed E-state index contributed by atoms with van der Waals surface area (Å²) >= 11 is 0. The van der Waals surface area contributed by atoms with Gasteiger partial charge >= 0.3 is 24.7 Å². The van der Waals surface area contributed by atoms with Crippen molar-refractivity contribution in [2.75, 3.05) is 0 Å². The van der Waals surface area contributed by atoms with Crippen LogP contribution < -0.4 is 0 Å². The number of carbonyl (C=O) groups is 3. The first-order chi connectivity index (χ1) is 11.1. The smallest absolute Gasteiger partial charge is 0.454 e. The van der Waals surface area contributed by atoms with Crippen LogP contribution in [-0.2, 0) is 34.8 Å². The maximum atomic E-state index is 11.4. The van der Waals surface area contributed by atoms with Crippen LogP contribution in [0.15, 0.2) is 11.8 Å². The second kappa shape index (κ2) is 9.97. The Hall–Kier alpha value is -1.76. The summed E-state index contributed by atoms with van der Waals surface area (Å²) < 4.78 is 136. The van der Waals surface area contributed by atoms with E-state index in [9.17, 15) is 67.1 Å². The molecule has 0 rings (SSSR count). The van der Waals surface area contributed by atoms with Crippen molar-refractivity contribution in [3.05, 3.63) is 18.3 Å². The first kappa shape index (κ1) is 30.0. The quantitative estimate of drug-likeness (QED) is 0.154. The number of alkyl halides is 12. The predicted octanol–water partition coefficient (Wildman–Crippen LogP) is 3.57. The molecule has 0 amide bonds. The number of carbonyl (C=O) groups excluding carboxylic acids is 3. The SMILES string of the molecule is O=C(/C=C(\O)C(F)(F)F)C(F)(F)F.O=C([CH-]C(=O)C(F)(F)F)C(F)(F)F.[Pd]. The van der Waals surface area contributed by atoms with Gasteiger partial charge in [0.2, 0.25) is 5.76 Å². The van der Waals surface area contributed by atoms with Gasteiger partial charge in [0.15, 0.2) is 0 Å². The normalized spacial score (nSPS) is 13.0. The maximum absolute atomic E-state index is 11.4. The van der Waals surface area contributed by atoms with Crippen LogP contribution in [0.2, 0.25) is 0 Å². The number of rotatable bonds is 3. The minimum atomic E-state index is -5.46. The number of Topliss-reactive ketones (excluding diaryl/α,β-unsaturated/α-hetero) is 2. The molecule has 0 aromatic carbocycles. The Morgan fingerprint density at radius 2 is 0.926 bits per heavy atom. The summed E-state index contributed by atoms with van der Waals surface area (Å²) in [5.74, 6) is -11.0. The molecule has 0 spiro atoms. The fraction of sp³-hybridized carbons (Fsp3) is 0.400. The van der Waals surface area contributed by atoms with Crippen LogP contribution in [-0.4, -0.2) is 47.2 Å². The number of aliphatic hydroxyl groups excluding tert-OH is 1. The number of halogens is 12. The van der Waals surface area contributed by atoms with E-state index in [2.05, 4.69) is 0 Å². The van der Waals surface area contributed by atoms with E-state index in [1.165, 1.54) is 0 Å². The van der Waals surface area contributed by atoms with E-state index in [0.29, 0.717) is 0 Å². The summed E-state index contributed by atoms with van der Waals surface area (Å²) in [7, 11) is 0. The molecular formula is C10H3F12O4Pd-. The standard InChI is InChI=1S/C5H2F6O2.C5HF6O2.Pd/c2*6-4(7,8)2(12)1-3(13)5(9,10)11;/h1,12H;1H;/q;-1;/b2-1-;;. The van der Waals surface area contributed by atoms with Gasteiger partial charge in [-0.25, -0.2) is 6.42 Å². The zero-order valence-electron chi connectivity index (χ0n) is 11.7. The molecule has 0 atom stereocenters. The Kier molecular flexibility index (Phi) is 11.1. The molecule has 0 heterocycles. The van der Waals surface area contributed by atoms with Gasteiger partial charge < -0.3 is 14.7 Å². The van der Waals surface area contributed by atoms with Gasteiger partial charge in [0.1, 0.15) is 11.6 Å². The minimum Gasteiger partial charge on any atom is -0.504 e. The van der Waals surface area contributed by atoms with Crippen molar-refractivity contribution in [3.63, 3.8) is 0 Å². The second-order valence-corrected chi connectivity index (χ2v) is 3.76. The van der Waals surface area contributed by atoms with E-state index >= 15 is 0 Å². The van der Waals surface area contributed by atoms with Crippen LogP contribution in [0.5, 0.6) is 0 Å². The predicted molar refractivity (Wildman–Crippen MR) is 54.3 cm³/mol. The monoisotopic (exact) mass is 521 g/mol. The van der Waals surface area contributed by atoms with Gasteiger partial charge in [0.25, 0.3) is 5.78 Å². The summed E-state index contributed by atoms with van der Waals surface area (Å²) in [5.41, 5.74) is 0. The van der Waals surface area contributed by atoms with Crippen LogP contribution in [0.4, 0.5) is 52.7 Å². The van der Waals surface area contributed by atoms with Crippen LogP contribution in [0.25, 0.3) is 0 Å². The Balaban J connectivity index is -0.000000411. The molecular weight excluding hydrogens is 519 g/mol. The van der Waals surface area contributed by atoms with E-state index < -0.39 is 60.3 Å². The molecule has 4 nitrogen and oxygen atoms in total. The molecule has 0 radical (unpaired) electrons. The minimum absolute atomic E-state index is 0. The molecule has 0 fully saturated rings. The van der Waals surface area contributed by atoms with E-state index in [1.807, 2.05) is 0 Å². The van der Waals surface area contributed by atoms with Crippen LogP contribution >= 0.6 is 0 Å². The van der Waals surface area contributed by atoms with Crippen molar-refractivity contribution in [2.24, 2.45) is 0 Å². The molecule has 0 aromatic rings. The average molecular weight is 522 g/mol. The largest absolute Gasteiger partial charge is 0.504 e. The Labute approximate surface area is 153 Å². The molecule has 162 valence electrons. The zero-order valence-corrected chi connectivity index (χ0v) is 13.2. The molecule has 27 heavy (non-hydrogen) atoms. The zero-order chi connectivity index (χ0) is 21.7. The van der Waals surface area contributed by atoms with Gasteiger partial charge in [-0.05, 0) is 0 Å². The fourth-order valence-electron chi connectivity index (χ4n) is 0.571. The van der Waals surface area contributed by atoms with Gasteiger partial charge in [-0.1, -0.05) is 0 Å². The Morgan fingerprint density at radius 1 is 0.630 bits per heavy atom. The molecule has 0 unspecified atom stereocenters. The fourth-order valence-corrected chi connectivity index (χ4v) is 0.571. The summed E-state index contributed by atoms with van der Waals surface area (Å²) in [6, 6.07) is 0. The molecule has 0 bridgehead atoms. The van der Waals surface area contributed by atoms with E-state index in [0.717, 1.165) is 0 Å². The van der Waals surface area contributed by atoms with Crippen molar-refractivity contribution < 1.29 is 92.6 Å². The van der Waals surface area contributed by atoms with Crippen molar-refractivity contribution >= 4 is 17.3 Å². The van der Waals surface area contributed by atoms with Gasteiger partial charge in [0, 0.05) is 26.5 Å². The molecule has 0 aliphatic carbocycles. The third-order valence-corrected chi connectivity index (χ3v) is 1.66. The Bertz CT molecular complexity index is 543. The Morgan fingerprint density at radius 3 is 1.11 bits per heavy atom. The summed E-state index contributed by atoms with van der Waals surface area (Å²) in [6.45, 7) is 0. The third kappa shape index (κ3) is 13.1. The van der Waals surface area contributed by atoms with Crippen molar-refractivity contribution in [2.45, 2.75) is 24.7 Å². The second-order valence-electron chi connectivity index (χ2n) is 3.76. The van der Waals surface area contributed by atoms with Gasteiger partial charge in [-0.3, -0.25) is 4.79 Å². The topological polar surface area (TPSA) is 71.4 Å². The van der Waals surface area contributed by atoms with E-state index in [1.54, 1.807) is 0 Å². The number of hydrogen-bond donors (Lipinski definition) is 1. The molecule has 17 heteroatoms. The number of aliphatic hydroxyl groups is 1. The maximum Gasteiger partial charge on any atom is 0.454 e. The van der Waals surface area contributed by atoms with Crippen molar-refractivity contribution in [3.8, 4) is 0 Å². The van der Waals surface area contributed by atoms with E-state index in [-0.39, 0.29) is 20.4 Å².